The predicted molar refractivity (Wildman–Crippen MR) is 145 cm³/mol. The number of anilines is 1. The molecule has 0 saturated heterocycles. The largest absolute Gasteiger partial charge is 0.481 e. The van der Waals surface area contributed by atoms with Crippen LogP contribution in [0.25, 0.3) is 0 Å². The Hall–Kier alpha value is -3.93. The average Bonchev–Trinajstić information content (AvgIpc) is 2.93. The van der Waals surface area contributed by atoms with Crippen LogP contribution in [-0.4, -0.2) is 29.4 Å². The van der Waals surface area contributed by atoms with E-state index in [-0.39, 0.29) is 24.8 Å². The van der Waals surface area contributed by atoms with E-state index in [1.165, 1.54) is 37.7 Å². The van der Waals surface area contributed by atoms with Crippen LogP contribution in [0.5, 0.6) is 0 Å². The van der Waals surface area contributed by atoms with Crippen molar-refractivity contribution in [2.75, 3.05) is 11.9 Å². The van der Waals surface area contributed by atoms with Crippen molar-refractivity contribution < 1.29 is 19.5 Å². The second-order valence-electron chi connectivity index (χ2n) is 9.71. The standard InChI is InChI=1S/C31H34N2O4/c34-29(35)19-20-32-30(36)26-13-11-22(12-14-26)21-28(31(37)33-27-9-5-2-6-10-27)25-17-15-24(16-18-25)23-7-3-1-4-8-23/h2,5-6,9-18,23,28H,1,3-4,7-8,19-21H2,(H,32,36)(H,33,37)(H,34,35). The molecule has 2 amide bonds. The van der Waals surface area contributed by atoms with Crippen LogP contribution in [0, 0.1) is 0 Å². The highest BCUT2D eigenvalue weighted by Crippen LogP contribution is 2.33. The maximum atomic E-state index is 13.4. The van der Waals surface area contributed by atoms with Crippen LogP contribution in [0.4, 0.5) is 5.69 Å². The molecule has 1 atom stereocenters. The van der Waals surface area contributed by atoms with Gasteiger partial charge in [-0.2, -0.15) is 0 Å². The summed E-state index contributed by atoms with van der Waals surface area (Å²) in [6.45, 7) is 0.0779. The number of aliphatic carboxylic acids is 1. The number of carboxylic acids is 1. The first-order valence-electron chi connectivity index (χ1n) is 13.0. The van der Waals surface area contributed by atoms with Gasteiger partial charge in [0.15, 0.2) is 0 Å². The van der Waals surface area contributed by atoms with Gasteiger partial charge in [-0.05, 0) is 66.1 Å². The summed E-state index contributed by atoms with van der Waals surface area (Å²) in [4.78, 5) is 36.4. The molecule has 6 heteroatoms. The second-order valence-corrected chi connectivity index (χ2v) is 9.71. The Labute approximate surface area is 218 Å². The molecular weight excluding hydrogens is 464 g/mol. The van der Waals surface area contributed by atoms with Crippen molar-refractivity contribution in [2.45, 2.75) is 56.8 Å². The minimum absolute atomic E-state index is 0.0768. The molecule has 3 aromatic rings. The molecule has 37 heavy (non-hydrogen) atoms. The molecule has 0 spiro atoms. The monoisotopic (exact) mass is 498 g/mol. The van der Waals surface area contributed by atoms with E-state index in [2.05, 4.69) is 34.9 Å². The van der Waals surface area contributed by atoms with Gasteiger partial charge in [0.25, 0.3) is 5.91 Å². The van der Waals surface area contributed by atoms with Gasteiger partial charge < -0.3 is 15.7 Å². The third kappa shape index (κ3) is 7.53. The third-order valence-corrected chi connectivity index (χ3v) is 7.05. The van der Waals surface area contributed by atoms with Gasteiger partial charge in [0.05, 0.1) is 12.3 Å². The highest BCUT2D eigenvalue weighted by molar-refractivity contribution is 5.96. The zero-order chi connectivity index (χ0) is 26.0. The van der Waals surface area contributed by atoms with Crippen molar-refractivity contribution in [3.05, 3.63) is 101 Å². The van der Waals surface area contributed by atoms with Crippen molar-refractivity contribution in [2.24, 2.45) is 0 Å². The first-order chi connectivity index (χ1) is 18.0. The number of amides is 2. The number of rotatable bonds is 10. The minimum Gasteiger partial charge on any atom is -0.481 e. The summed E-state index contributed by atoms with van der Waals surface area (Å²) in [6, 6.07) is 25.1. The van der Waals surface area contributed by atoms with Crippen LogP contribution >= 0.6 is 0 Å². The Balaban J connectivity index is 1.50. The van der Waals surface area contributed by atoms with Crippen LogP contribution in [-0.2, 0) is 16.0 Å². The summed E-state index contributed by atoms with van der Waals surface area (Å²) in [5.74, 6) is -1.14. The van der Waals surface area contributed by atoms with Gasteiger partial charge in [-0.3, -0.25) is 14.4 Å². The van der Waals surface area contributed by atoms with Gasteiger partial charge in [-0.1, -0.05) is 73.9 Å². The number of nitrogens with one attached hydrogen (secondary N) is 2. The highest BCUT2D eigenvalue weighted by Gasteiger charge is 2.23. The zero-order valence-corrected chi connectivity index (χ0v) is 21.0. The summed E-state index contributed by atoms with van der Waals surface area (Å²) >= 11 is 0. The fourth-order valence-corrected chi connectivity index (χ4v) is 4.96. The topological polar surface area (TPSA) is 95.5 Å². The number of benzene rings is 3. The first kappa shape index (κ1) is 26.1. The van der Waals surface area contributed by atoms with Gasteiger partial charge in [-0.15, -0.1) is 0 Å². The normalized spacial score (nSPS) is 14.5. The van der Waals surface area contributed by atoms with Gasteiger partial charge in [0.1, 0.15) is 0 Å². The maximum absolute atomic E-state index is 13.4. The van der Waals surface area contributed by atoms with Crippen LogP contribution < -0.4 is 10.6 Å². The molecule has 0 radical (unpaired) electrons. The molecule has 1 saturated carbocycles. The summed E-state index contributed by atoms with van der Waals surface area (Å²) in [5.41, 5.74) is 4.46. The van der Waals surface area contributed by atoms with E-state index < -0.39 is 11.9 Å². The SMILES string of the molecule is O=C(O)CCNC(=O)c1ccc(CC(C(=O)Nc2ccccc2)c2ccc(C3CCCCC3)cc2)cc1. The van der Waals surface area contributed by atoms with E-state index in [0.717, 1.165) is 16.8 Å². The molecule has 4 rings (SSSR count). The van der Waals surface area contributed by atoms with E-state index in [0.29, 0.717) is 17.9 Å². The van der Waals surface area contributed by atoms with Gasteiger partial charge in [0.2, 0.25) is 5.91 Å². The number of hydrogen-bond acceptors (Lipinski definition) is 3. The second kappa shape index (κ2) is 12.9. The first-order valence-corrected chi connectivity index (χ1v) is 13.0. The molecule has 192 valence electrons. The summed E-state index contributed by atoms with van der Waals surface area (Å²) in [6.07, 6.45) is 6.70. The molecular formula is C31H34N2O4. The highest BCUT2D eigenvalue weighted by atomic mass is 16.4. The van der Waals surface area contributed by atoms with E-state index in [1.54, 1.807) is 12.1 Å². The Morgan fingerprint density at radius 3 is 2.16 bits per heavy atom. The van der Waals surface area contributed by atoms with Crippen molar-refractivity contribution in [1.29, 1.82) is 0 Å². The van der Waals surface area contributed by atoms with Crippen LogP contribution in [0.1, 0.15) is 77.4 Å². The number of carboxylic acid groups (broad SMARTS) is 1. The molecule has 0 aliphatic heterocycles. The minimum atomic E-state index is -0.956. The van der Waals surface area contributed by atoms with Crippen molar-refractivity contribution in [1.82, 2.24) is 5.32 Å². The lowest BCUT2D eigenvalue weighted by molar-refractivity contribution is -0.136. The Morgan fingerprint density at radius 1 is 0.838 bits per heavy atom. The molecule has 1 aliphatic carbocycles. The molecule has 1 aliphatic rings. The Morgan fingerprint density at radius 2 is 1.51 bits per heavy atom. The fourth-order valence-electron chi connectivity index (χ4n) is 4.96. The van der Waals surface area contributed by atoms with Gasteiger partial charge in [0, 0.05) is 17.8 Å². The van der Waals surface area contributed by atoms with Gasteiger partial charge in [-0.25, -0.2) is 0 Å². The number of para-hydroxylation sites is 1. The van der Waals surface area contributed by atoms with Crippen LogP contribution in [0.3, 0.4) is 0 Å². The lowest BCUT2D eigenvalue weighted by Gasteiger charge is -2.23. The summed E-state index contributed by atoms with van der Waals surface area (Å²) < 4.78 is 0. The van der Waals surface area contributed by atoms with Crippen molar-refractivity contribution >= 4 is 23.5 Å². The number of hydrogen-bond donors (Lipinski definition) is 3. The molecule has 0 bridgehead atoms. The maximum Gasteiger partial charge on any atom is 0.305 e. The Bertz CT molecular complexity index is 1180. The van der Waals surface area contributed by atoms with Gasteiger partial charge >= 0.3 is 5.97 Å². The van der Waals surface area contributed by atoms with Crippen LogP contribution in [0.15, 0.2) is 78.9 Å². The predicted octanol–water partition coefficient (Wildman–Crippen LogP) is 5.90. The third-order valence-electron chi connectivity index (χ3n) is 7.05. The lowest BCUT2D eigenvalue weighted by Crippen LogP contribution is -2.26. The molecule has 1 fully saturated rings. The fraction of sp³-hybridized carbons (Fsp3) is 0.323. The lowest BCUT2D eigenvalue weighted by atomic mass is 9.83. The molecule has 3 N–H and O–H groups in total. The summed E-state index contributed by atoms with van der Waals surface area (Å²) in [7, 11) is 0. The molecule has 6 nitrogen and oxygen atoms in total. The van der Waals surface area contributed by atoms with E-state index >= 15 is 0 Å². The van der Waals surface area contributed by atoms with E-state index in [1.807, 2.05) is 42.5 Å². The number of carbonyl (C=O) groups is 3. The van der Waals surface area contributed by atoms with Crippen molar-refractivity contribution in [3.8, 4) is 0 Å². The molecule has 1 unspecified atom stereocenters. The smallest absolute Gasteiger partial charge is 0.305 e. The Kier molecular flexibility index (Phi) is 9.08. The average molecular weight is 499 g/mol. The summed E-state index contributed by atoms with van der Waals surface area (Å²) in [5, 5.41) is 14.4. The zero-order valence-electron chi connectivity index (χ0n) is 21.0. The number of carbonyl (C=O) groups excluding carboxylic acids is 2. The van der Waals surface area contributed by atoms with E-state index in [4.69, 9.17) is 5.11 Å². The van der Waals surface area contributed by atoms with E-state index in [9.17, 15) is 14.4 Å². The molecule has 0 heterocycles. The molecule has 3 aromatic carbocycles. The quantitative estimate of drug-likeness (QED) is 0.324. The molecule has 0 aromatic heterocycles. The van der Waals surface area contributed by atoms with Crippen molar-refractivity contribution in [3.63, 3.8) is 0 Å². The van der Waals surface area contributed by atoms with Crippen LogP contribution in [0.2, 0.25) is 0 Å².